The maximum absolute atomic E-state index is 11.5. The van der Waals surface area contributed by atoms with Gasteiger partial charge in [-0.05, 0) is 18.3 Å². The van der Waals surface area contributed by atoms with Crippen LogP contribution in [0.4, 0.5) is 0 Å². The van der Waals surface area contributed by atoms with Gasteiger partial charge in [0.25, 0.3) is 0 Å². The molecule has 1 aliphatic heterocycles. The lowest BCUT2D eigenvalue weighted by atomic mass is 10.3. The third-order valence-electron chi connectivity index (χ3n) is 2.65. The van der Waals surface area contributed by atoms with Crippen molar-refractivity contribution in [3.63, 3.8) is 0 Å². The SMILES string of the molecule is CC1CC1CNC(=O)C1SCCS1. The number of thioether (sulfide) groups is 2. The first-order valence-corrected chi connectivity index (χ1v) is 6.88. The molecule has 0 spiro atoms. The quantitative estimate of drug-likeness (QED) is 0.778. The summed E-state index contributed by atoms with van der Waals surface area (Å²) in [5, 5.41) is 3.04. The van der Waals surface area contributed by atoms with Crippen LogP contribution in [0.3, 0.4) is 0 Å². The molecule has 2 unspecified atom stereocenters. The Morgan fingerprint density at radius 2 is 2.08 bits per heavy atom. The predicted octanol–water partition coefficient (Wildman–Crippen LogP) is 1.56. The van der Waals surface area contributed by atoms with Crippen molar-refractivity contribution in [2.45, 2.75) is 17.9 Å². The first-order chi connectivity index (χ1) is 6.27. The number of amides is 1. The standard InChI is InChI=1S/C9H15NOS2/c1-6-4-7(6)5-10-8(11)9-12-2-3-13-9/h6-7,9H,2-5H2,1H3,(H,10,11). The van der Waals surface area contributed by atoms with E-state index in [9.17, 15) is 4.79 Å². The Labute approximate surface area is 87.6 Å². The zero-order valence-corrected chi connectivity index (χ0v) is 9.42. The number of hydrogen-bond acceptors (Lipinski definition) is 3. The highest BCUT2D eigenvalue weighted by Gasteiger charge is 2.33. The lowest BCUT2D eigenvalue weighted by Gasteiger charge is -2.08. The Morgan fingerprint density at radius 1 is 1.46 bits per heavy atom. The third kappa shape index (κ3) is 2.56. The van der Waals surface area contributed by atoms with E-state index in [1.807, 2.05) is 0 Å². The van der Waals surface area contributed by atoms with Crippen molar-refractivity contribution in [1.29, 1.82) is 0 Å². The highest BCUT2D eigenvalue weighted by atomic mass is 32.2. The van der Waals surface area contributed by atoms with Gasteiger partial charge in [-0.25, -0.2) is 0 Å². The molecule has 1 saturated heterocycles. The summed E-state index contributed by atoms with van der Waals surface area (Å²) in [5.41, 5.74) is 0. The van der Waals surface area contributed by atoms with E-state index in [0.29, 0.717) is 0 Å². The molecule has 2 aliphatic rings. The Bertz CT molecular complexity index is 204. The first kappa shape index (κ1) is 9.71. The van der Waals surface area contributed by atoms with Crippen LogP contribution in [0.15, 0.2) is 0 Å². The molecule has 1 aliphatic carbocycles. The average molecular weight is 217 g/mol. The monoisotopic (exact) mass is 217 g/mol. The van der Waals surface area contributed by atoms with Crippen LogP contribution >= 0.6 is 23.5 Å². The summed E-state index contributed by atoms with van der Waals surface area (Å²) in [6.07, 6.45) is 1.30. The Balaban J connectivity index is 1.66. The second-order valence-corrected chi connectivity index (χ2v) is 6.52. The minimum absolute atomic E-state index is 0.175. The van der Waals surface area contributed by atoms with Crippen molar-refractivity contribution >= 4 is 29.4 Å². The maximum atomic E-state index is 11.5. The normalized spacial score (nSPS) is 33.3. The van der Waals surface area contributed by atoms with Crippen molar-refractivity contribution in [2.24, 2.45) is 11.8 Å². The number of carbonyl (C=O) groups is 1. The van der Waals surface area contributed by atoms with Gasteiger partial charge >= 0.3 is 0 Å². The van der Waals surface area contributed by atoms with E-state index >= 15 is 0 Å². The highest BCUT2D eigenvalue weighted by Crippen LogP contribution is 2.37. The molecule has 4 heteroatoms. The van der Waals surface area contributed by atoms with Gasteiger partial charge < -0.3 is 5.32 Å². The summed E-state index contributed by atoms with van der Waals surface area (Å²) in [7, 11) is 0. The largest absolute Gasteiger partial charge is 0.354 e. The van der Waals surface area contributed by atoms with Crippen LogP contribution in [0.25, 0.3) is 0 Å². The van der Waals surface area contributed by atoms with Crippen LogP contribution in [-0.4, -0.2) is 28.5 Å². The molecule has 0 radical (unpaired) electrons. The first-order valence-electron chi connectivity index (χ1n) is 4.78. The van der Waals surface area contributed by atoms with E-state index in [1.165, 1.54) is 6.42 Å². The lowest BCUT2D eigenvalue weighted by molar-refractivity contribution is -0.119. The van der Waals surface area contributed by atoms with E-state index < -0.39 is 0 Å². The van der Waals surface area contributed by atoms with Gasteiger partial charge in [-0.15, -0.1) is 23.5 Å². The molecule has 0 aromatic carbocycles. The third-order valence-corrected chi connectivity index (χ3v) is 5.64. The molecular weight excluding hydrogens is 202 g/mol. The second-order valence-electron chi connectivity index (χ2n) is 3.79. The lowest BCUT2D eigenvalue weighted by Crippen LogP contribution is -2.31. The fourth-order valence-corrected chi connectivity index (χ4v) is 4.14. The summed E-state index contributed by atoms with van der Waals surface area (Å²) in [6.45, 7) is 3.15. The van der Waals surface area contributed by atoms with Crippen LogP contribution < -0.4 is 5.32 Å². The molecule has 1 N–H and O–H groups in total. The van der Waals surface area contributed by atoms with Crippen LogP contribution in [0.1, 0.15) is 13.3 Å². The minimum Gasteiger partial charge on any atom is -0.354 e. The molecule has 13 heavy (non-hydrogen) atoms. The number of hydrogen-bond donors (Lipinski definition) is 1. The van der Waals surface area contributed by atoms with E-state index in [4.69, 9.17) is 0 Å². The minimum atomic E-state index is 0.175. The van der Waals surface area contributed by atoms with Crippen molar-refractivity contribution < 1.29 is 4.79 Å². The summed E-state index contributed by atoms with van der Waals surface area (Å²) in [6, 6.07) is 0. The molecule has 74 valence electrons. The highest BCUT2D eigenvalue weighted by molar-refractivity contribution is 8.21. The van der Waals surface area contributed by atoms with Crippen molar-refractivity contribution in [1.82, 2.24) is 5.32 Å². The molecule has 1 heterocycles. The number of nitrogens with one attached hydrogen (secondary N) is 1. The Morgan fingerprint density at radius 3 is 2.62 bits per heavy atom. The molecule has 2 atom stereocenters. The molecule has 2 rings (SSSR count). The van der Waals surface area contributed by atoms with Gasteiger partial charge in [0.1, 0.15) is 4.58 Å². The number of carbonyl (C=O) groups excluding carboxylic acids is 1. The van der Waals surface area contributed by atoms with E-state index in [1.54, 1.807) is 23.5 Å². The molecular formula is C9H15NOS2. The topological polar surface area (TPSA) is 29.1 Å². The fraction of sp³-hybridized carbons (Fsp3) is 0.889. The fourth-order valence-electron chi connectivity index (χ4n) is 1.51. The van der Waals surface area contributed by atoms with Gasteiger partial charge in [0.05, 0.1) is 0 Å². The van der Waals surface area contributed by atoms with Crippen LogP contribution in [0, 0.1) is 11.8 Å². The molecule has 0 aromatic rings. The summed E-state index contributed by atoms with van der Waals surface area (Å²) in [4.78, 5) is 11.5. The van der Waals surface area contributed by atoms with E-state index in [-0.39, 0.29) is 10.5 Å². The molecule has 2 nitrogen and oxygen atoms in total. The Hall–Kier alpha value is 0.170. The number of rotatable bonds is 3. The Kier molecular flexibility index (Phi) is 3.09. The molecule has 0 aromatic heterocycles. The molecule has 0 bridgehead atoms. The van der Waals surface area contributed by atoms with Crippen molar-refractivity contribution in [3.8, 4) is 0 Å². The molecule has 1 saturated carbocycles. The maximum Gasteiger partial charge on any atom is 0.243 e. The van der Waals surface area contributed by atoms with Crippen LogP contribution in [-0.2, 0) is 4.79 Å². The second kappa shape index (κ2) is 4.13. The summed E-state index contributed by atoms with van der Waals surface area (Å²) in [5.74, 6) is 4.10. The van der Waals surface area contributed by atoms with Gasteiger partial charge in [-0.3, -0.25) is 4.79 Å². The van der Waals surface area contributed by atoms with E-state index in [0.717, 1.165) is 29.9 Å². The van der Waals surface area contributed by atoms with E-state index in [2.05, 4.69) is 12.2 Å². The van der Waals surface area contributed by atoms with Gasteiger partial charge in [0.15, 0.2) is 0 Å². The van der Waals surface area contributed by atoms with Gasteiger partial charge in [0.2, 0.25) is 5.91 Å². The van der Waals surface area contributed by atoms with Gasteiger partial charge in [0, 0.05) is 18.1 Å². The summed E-state index contributed by atoms with van der Waals surface area (Å²) >= 11 is 3.55. The van der Waals surface area contributed by atoms with Crippen molar-refractivity contribution in [3.05, 3.63) is 0 Å². The van der Waals surface area contributed by atoms with Crippen molar-refractivity contribution in [2.75, 3.05) is 18.1 Å². The van der Waals surface area contributed by atoms with Gasteiger partial charge in [-0.2, -0.15) is 0 Å². The van der Waals surface area contributed by atoms with Crippen LogP contribution in [0.5, 0.6) is 0 Å². The van der Waals surface area contributed by atoms with Gasteiger partial charge in [-0.1, -0.05) is 6.92 Å². The molecule has 2 fully saturated rings. The summed E-state index contributed by atoms with van der Waals surface area (Å²) < 4.78 is 0.175. The average Bonchev–Trinajstić information content (AvgIpc) is 2.67. The molecule has 1 amide bonds. The zero-order valence-electron chi connectivity index (χ0n) is 7.79. The smallest absolute Gasteiger partial charge is 0.243 e. The van der Waals surface area contributed by atoms with Crippen LogP contribution in [0.2, 0.25) is 0 Å². The zero-order chi connectivity index (χ0) is 9.26. The predicted molar refractivity (Wildman–Crippen MR) is 59.0 cm³/mol.